The fraction of sp³-hybridized carbons (Fsp3) is 0.292. The first kappa shape index (κ1) is 54.8. The van der Waals surface area contributed by atoms with Crippen molar-refractivity contribution in [1.29, 1.82) is 0 Å². The molecule has 0 bridgehead atoms. The molecule has 65 heavy (non-hydrogen) atoms. The van der Waals surface area contributed by atoms with Crippen molar-refractivity contribution in [3.63, 3.8) is 0 Å². The predicted octanol–water partition coefficient (Wildman–Crippen LogP) is 10.9. The summed E-state index contributed by atoms with van der Waals surface area (Å²) >= 11 is 14.2. The van der Waals surface area contributed by atoms with Crippen molar-refractivity contribution in [3.05, 3.63) is 108 Å². The maximum atomic E-state index is 13.3. The van der Waals surface area contributed by atoms with Gasteiger partial charge in [-0.2, -0.15) is 0 Å². The van der Waals surface area contributed by atoms with Crippen molar-refractivity contribution in [3.8, 4) is 34.5 Å². The maximum absolute atomic E-state index is 13.3. The number of ether oxygens (including phenoxy) is 6. The van der Waals surface area contributed by atoms with Gasteiger partial charge in [0.15, 0.2) is 23.0 Å². The molecule has 348 valence electrons. The van der Waals surface area contributed by atoms with Gasteiger partial charge in [-0.15, -0.1) is 23.2 Å². The number of rotatable bonds is 13. The van der Waals surface area contributed by atoms with E-state index in [1.807, 2.05) is 33.8 Å². The van der Waals surface area contributed by atoms with Gasteiger partial charge in [-0.25, -0.2) is 9.97 Å². The average Bonchev–Trinajstić information content (AvgIpc) is 3.25. The van der Waals surface area contributed by atoms with Crippen LogP contribution in [0.3, 0.4) is 0 Å². The lowest BCUT2D eigenvalue weighted by Gasteiger charge is -2.15. The number of benzene rings is 4. The Morgan fingerprint density at radius 2 is 0.969 bits per heavy atom. The molecule has 0 saturated heterocycles. The number of amides is 1. The highest BCUT2D eigenvalue weighted by molar-refractivity contribution is 6.62. The monoisotopic (exact) mass is 952 g/mol. The molecule has 14 nitrogen and oxygen atoms in total. The number of nitrogens with zero attached hydrogens (tertiary/aromatic N) is 2. The molecular formula is C48H55Cl3N4O10. The van der Waals surface area contributed by atoms with Crippen LogP contribution in [0.2, 0.25) is 0 Å². The van der Waals surface area contributed by atoms with Crippen molar-refractivity contribution in [2.75, 3.05) is 44.8 Å². The van der Waals surface area contributed by atoms with E-state index in [-0.39, 0.29) is 53.4 Å². The minimum Gasteiger partial charge on any atom is -0.493 e. The molecule has 0 radical (unpaired) electrons. The van der Waals surface area contributed by atoms with Crippen LogP contribution in [0.15, 0.2) is 85.2 Å². The number of fused-ring (bicyclic) bond motifs is 2. The van der Waals surface area contributed by atoms with Gasteiger partial charge in [0, 0.05) is 46.5 Å². The summed E-state index contributed by atoms with van der Waals surface area (Å²) in [5.74, 6) is 2.48. The number of carbonyl (C=O) groups is 4. The van der Waals surface area contributed by atoms with Gasteiger partial charge in [0.05, 0.1) is 69.8 Å². The number of ketones is 2. The quantitative estimate of drug-likeness (QED) is 0.0633. The summed E-state index contributed by atoms with van der Waals surface area (Å²) in [5, 5.41) is 5.02. The van der Waals surface area contributed by atoms with Crippen molar-refractivity contribution in [2.45, 2.75) is 61.2 Å². The first-order valence-corrected chi connectivity index (χ1v) is 20.9. The minimum atomic E-state index is -0.361. The van der Waals surface area contributed by atoms with Crippen LogP contribution < -0.4 is 39.5 Å². The number of nitrogens with two attached hydrogens (primary N) is 1. The van der Waals surface area contributed by atoms with E-state index in [9.17, 15) is 19.2 Å². The Hall–Kier alpha value is -6.35. The van der Waals surface area contributed by atoms with Crippen LogP contribution in [0.4, 0.5) is 11.4 Å². The predicted molar refractivity (Wildman–Crippen MR) is 260 cm³/mol. The third kappa shape index (κ3) is 15.4. The molecule has 0 fully saturated rings. The van der Waals surface area contributed by atoms with Gasteiger partial charge in [-0.3, -0.25) is 19.2 Å². The van der Waals surface area contributed by atoms with Crippen LogP contribution in [0.1, 0.15) is 81.1 Å². The number of alkyl halides is 2. The van der Waals surface area contributed by atoms with Crippen LogP contribution in [-0.2, 0) is 9.59 Å². The normalized spacial score (nSPS) is 10.1. The highest BCUT2D eigenvalue weighted by atomic mass is 35.5. The van der Waals surface area contributed by atoms with E-state index >= 15 is 0 Å². The number of hydrogen-bond donors (Lipinski definition) is 2. The molecule has 4 aromatic carbocycles. The molecule has 0 aliphatic carbocycles. The first-order valence-electron chi connectivity index (χ1n) is 19.5. The summed E-state index contributed by atoms with van der Waals surface area (Å²) in [7, 11) is 6.13. The third-order valence-electron chi connectivity index (χ3n) is 8.49. The minimum absolute atomic E-state index is 0. The van der Waals surface area contributed by atoms with Gasteiger partial charge in [0.2, 0.25) is 22.7 Å². The van der Waals surface area contributed by atoms with Crippen LogP contribution in [0.25, 0.3) is 21.5 Å². The lowest BCUT2D eigenvalue weighted by atomic mass is 10.0. The van der Waals surface area contributed by atoms with E-state index in [0.29, 0.717) is 84.2 Å². The van der Waals surface area contributed by atoms with Gasteiger partial charge in [0.25, 0.3) is 0 Å². The summed E-state index contributed by atoms with van der Waals surface area (Å²) in [6.07, 6.45) is 2.96. The molecule has 0 saturated carbocycles. The highest BCUT2D eigenvalue weighted by Gasteiger charge is 2.21. The zero-order valence-electron chi connectivity index (χ0n) is 37.1. The number of carbonyl (C=O) groups excluding carboxylic acids is 4. The van der Waals surface area contributed by atoms with Crippen LogP contribution in [0.5, 0.6) is 34.5 Å². The molecule has 0 unspecified atom stereocenters. The second-order valence-corrected chi connectivity index (χ2v) is 15.2. The van der Waals surface area contributed by atoms with Gasteiger partial charge in [0.1, 0.15) is 22.9 Å². The number of methoxy groups -OCH3 is 4. The molecule has 6 rings (SSSR count). The van der Waals surface area contributed by atoms with Gasteiger partial charge < -0.3 is 39.5 Å². The van der Waals surface area contributed by atoms with Crippen molar-refractivity contribution < 1.29 is 47.6 Å². The Balaban J connectivity index is 0.000000387. The van der Waals surface area contributed by atoms with E-state index in [1.165, 1.54) is 47.6 Å². The Kier molecular flexibility index (Phi) is 22.3. The lowest BCUT2D eigenvalue weighted by Crippen LogP contribution is -2.11. The number of anilines is 2. The zero-order chi connectivity index (χ0) is 47.7. The van der Waals surface area contributed by atoms with Gasteiger partial charge in [-0.05, 0) is 87.8 Å². The summed E-state index contributed by atoms with van der Waals surface area (Å²) < 4.78 is 32.9. The van der Waals surface area contributed by atoms with E-state index < -0.39 is 0 Å². The second kappa shape index (κ2) is 26.4. The number of halogens is 3. The molecule has 0 spiro atoms. The van der Waals surface area contributed by atoms with E-state index in [0.717, 1.165) is 0 Å². The number of nitrogen functional groups attached to an aromatic ring is 1. The number of nitrogens with one attached hydrogen (secondary N) is 1. The van der Waals surface area contributed by atoms with Crippen LogP contribution in [0, 0.1) is 0 Å². The summed E-state index contributed by atoms with van der Waals surface area (Å²) in [6, 6.07) is 20.9. The Morgan fingerprint density at radius 3 is 1.34 bits per heavy atom. The highest BCUT2D eigenvalue weighted by Crippen LogP contribution is 2.38. The fourth-order valence-corrected chi connectivity index (χ4v) is 6.04. The Labute approximate surface area is 394 Å². The van der Waals surface area contributed by atoms with Crippen LogP contribution in [-0.4, -0.2) is 78.7 Å². The SMILES string of the molecule is C.CC(=O)Cl.COc1cc2c(N)cnc(C(=O)c3cccc(OC(C)C)c3)c2cc1OC.COc1cc2c(NC(C)=O)cnc(C(=O)c3cccc(OC(C)C)c3)c2cc1OC.ClCCl. The number of aromatic nitrogens is 2. The topological polar surface area (TPSA) is 187 Å². The molecular weight excluding hydrogens is 899 g/mol. The smallest absolute Gasteiger partial charge is 0.221 e. The first-order chi connectivity index (χ1) is 30.4. The van der Waals surface area contributed by atoms with Crippen molar-refractivity contribution >= 4 is 90.4 Å². The molecule has 0 atom stereocenters. The molecule has 17 heteroatoms. The molecule has 2 aromatic heterocycles. The molecule has 2 heterocycles. The lowest BCUT2D eigenvalue weighted by molar-refractivity contribution is -0.114. The number of hydrogen-bond acceptors (Lipinski definition) is 13. The van der Waals surface area contributed by atoms with Crippen molar-refractivity contribution in [1.82, 2.24) is 9.97 Å². The summed E-state index contributed by atoms with van der Waals surface area (Å²) in [5.41, 5.74) is 8.47. The summed E-state index contributed by atoms with van der Waals surface area (Å²) in [4.78, 5) is 55.9. The summed E-state index contributed by atoms with van der Waals surface area (Å²) in [6.45, 7) is 10.4. The van der Waals surface area contributed by atoms with E-state index in [2.05, 4.69) is 26.9 Å². The molecule has 6 aromatic rings. The largest absolute Gasteiger partial charge is 0.493 e. The second-order valence-electron chi connectivity index (χ2n) is 13.9. The van der Waals surface area contributed by atoms with Gasteiger partial charge >= 0.3 is 0 Å². The fourth-order valence-electron chi connectivity index (χ4n) is 6.04. The molecule has 3 N–H and O–H groups in total. The molecule has 0 aliphatic heterocycles. The van der Waals surface area contributed by atoms with Crippen molar-refractivity contribution in [2.24, 2.45) is 0 Å². The Bertz CT molecular complexity index is 2580. The van der Waals surface area contributed by atoms with E-state index in [1.54, 1.807) is 73.8 Å². The standard InChI is InChI=1S/C23H24N2O5.C21H22N2O4.C2H3ClO.CH2Cl2.CH4/c1-13(2)30-16-8-6-7-15(9-16)23(27)22-18-11-21(29-5)20(28-4)10-17(18)19(12-24-22)25-14(3)26;1-12(2)27-14-7-5-6-13(8-14)21(24)20-16-10-19(26-4)18(25-3)9-15(16)17(22)11-23-20;1-2(3)4;2-1-3;/h6-13H,1-5H3,(H,25,26);5-12H,22H2,1-4H3;1H3;1H2;1H4. The van der Waals surface area contributed by atoms with Crippen LogP contribution >= 0.6 is 34.8 Å². The van der Waals surface area contributed by atoms with E-state index in [4.69, 9.17) is 57.4 Å². The molecule has 1 amide bonds. The zero-order valence-corrected chi connectivity index (χ0v) is 39.4. The third-order valence-corrected chi connectivity index (χ3v) is 8.49. The van der Waals surface area contributed by atoms with Gasteiger partial charge in [-0.1, -0.05) is 31.7 Å². The Morgan fingerprint density at radius 1 is 0.615 bits per heavy atom. The molecule has 0 aliphatic rings. The maximum Gasteiger partial charge on any atom is 0.221 e. The average molecular weight is 954 g/mol. The number of pyridine rings is 2.